The Morgan fingerprint density at radius 2 is 1.68 bits per heavy atom. The highest BCUT2D eigenvalue weighted by molar-refractivity contribution is 6.41. The van der Waals surface area contributed by atoms with Gasteiger partial charge in [0.1, 0.15) is 29.6 Å². The predicted octanol–water partition coefficient (Wildman–Crippen LogP) is 5.71. The highest BCUT2D eigenvalue weighted by atomic mass is 19.4. The monoisotopic (exact) mass is 755 g/mol. The molecule has 1 saturated heterocycles. The Morgan fingerprint density at radius 3 is 2.28 bits per heavy atom. The average Bonchev–Trinajstić information content (AvgIpc) is 3.11. The number of pyridine rings is 1. The number of nitrogens with zero attached hydrogens (tertiary/aromatic N) is 4. The van der Waals surface area contributed by atoms with Crippen LogP contribution in [0, 0.1) is 11.7 Å². The molecule has 0 saturated carbocycles. The van der Waals surface area contributed by atoms with Crippen molar-refractivity contribution in [2.24, 2.45) is 5.92 Å². The molecule has 1 aromatic carbocycles. The number of carboxylic acid groups (broad SMARTS) is 1. The molecule has 4 heterocycles. The van der Waals surface area contributed by atoms with Gasteiger partial charge in [-0.3, -0.25) is 19.2 Å². The molecule has 0 aliphatic carbocycles. The predicted molar refractivity (Wildman–Crippen MR) is 178 cm³/mol. The number of carboxylic acids is 1. The lowest BCUT2D eigenvalue weighted by atomic mass is 9.92. The molecule has 4 N–H and O–H groups in total. The number of aliphatic carboxylic acids is 1. The van der Waals surface area contributed by atoms with Gasteiger partial charge in [-0.15, -0.1) is 0 Å². The van der Waals surface area contributed by atoms with Gasteiger partial charge >= 0.3 is 29.9 Å². The minimum Gasteiger partial charge on any atom is -0.481 e. The van der Waals surface area contributed by atoms with E-state index in [-0.39, 0.29) is 18.7 Å². The van der Waals surface area contributed by atoms with E-state index in [9.17, 15) is 55.0 Å². The molecule has 2 aromatic heterocycles. The number of Topliss-reactive ketones (excluding diaryl/α,β-unsaturated/α-hetero) is 2. The summed E-state index contributed by atoms with van der Waals surface area (Å²) in [4.78, 5) is 59.8. The number of carbonyl (C=O) groups is 4. The Balaban J connectivity index is 0.000000450. The van der Waals surface area contributed by atoms with Gasteiger partial charge in [-0.1, -0.05) is 19.1 Å². The van der Waals surface area contributed by atoms with E-state index < -0.39 is 47.5 Å². The first-order valence-corrected chi connectivity index (χ1v) is 16.5. The Labute approximate surface area is 298 Å². The summed E-state index contributed by atoms with van der Waals surface area (Å²) < 4.78 is 80.4. The summed E-state index contributed by atoms with van der Waals surface area (Å²) in [6, 6.07) is 9.87. The Morgan fingerprint density at radius 1 is 1.00 bits per heavy atom. The number of rotatable bonds is 11. The number of fused-ring (bicyclic) bond motifs is 1. The lowest BCUT2D eigenvalue weighted by Gasteiger charge is -2.34. The number of carbonyl (C=O) groups excluding carboxylic acids is 3. The zero-order chi connectivity index (χ0) is 38.9. The molecule has 1 atom stereocenters. The summed E-state index contributed by atoms with van der Waals surface area (Å²) in [5.41, 5.74) is 3.63. The molecule has 0 unspecified atom stereocenters. The highest BCUT2D eigenvalue weighted by Gasteiger charge is 2.54. The van der Waals surface area contributed by atoms with E-state index in [4.69, 9.17) is 4.98 Å². The second kappa shape index (κ2) is 17.4. The van der Waals surface area contributed by atoms with E-state index in [0.29, 0.717) is 18.2 Å². The molecule has 0 radical (unpaired) electrons. The van der Waals surface area contributed by atoms with Gasteiger partial charge in [-0.25, -0.2) is 19.3 Å². The van der Waals surface area contributed by atoms with E-state index in [2.05, 4.69) is 43.0 Å². The Kier molecular flexibility index (Phi) is 13.3. The first-order valence-electron chi connectivity index (χ1n) is 16.5. The first-order chi connectivity index (χ1) is 25.0. The van der Waals surface area contributed by atoms with Crippen LogP contribution in [0.1, 0.15) is 55.3 Å². The summed E-state index contributed by atoms with van der Waals surface area (Å²) in [6.07, 6.45) is -5.51. The number of aromatic nitrogens is 3. The van der Waals surface area contributed by atoms with Crippen LogP contribution < -0.4 is 20.9 Å². The molecule has 0 bridgehead atoms. The van der Waals surface area contributed by atoms with Crippen LogP contribution in [-0.2, 0) is 32.0 Å². The van der Waals surface area contributed by atoms with Gasteiger partial charge < -0.3 is 26.0 Å². The molecule has 286 valence electrons. The second-order valence-corrected chi connectivity index (χ2v) is 12.2. The molecule has 2 aliphatic rings. The van der Waals surface area contributed by atoms with Crippen molar-refractivity contribution in [1.82, 2.24) is 15.0 Å². The molecule has 19 heteroatoms. The van der Waals surface area contributed by atoms with Crippen LogP contribution in [-0.4, -0.2) is 82.0 Å². The molecule has 3 aromatic rings. The second-order valence-electron chi connectivity index (χ2n) is 12.2. The van der Waals surface area contributed by atoms with Crippen molar-refractivity contribution >= 4 is 46.6 Å². The summed E-state index contributed by atoms with van der Waals surface area (Å²) in [5, 5.41) is 18.9. The number of anilines is 4. The van der Waals surface area contributed by atoms with Gasteiger partial charge in [0.05, 0.1) is 5.92 Å². The van der Waals surface area contributed by atoms with Crippen LogP contribution in [0.4, 0.5) is 53.9 Å². The third-order valence-electron chi connectivity index (χ3n) is 8.53. The largest absolute Gasteiger partial charge is 0.481 e. The van der Waals surface area contributed by atoms with Gasteiger partial charge in [0.2, 0.25) is 5.91 Å². The number of hydrogen-bond acceptors (Lipinski definition) is 10. The maximum atomic E-state index is 13.4. The van der Waals surface area contributed by atoms with E-state index in [1.807, 2.05) is 6.92 Å². The molecular formula is C34H36F7N7O5. The van der Waals surface area contributed by atoms with Crippen LogP contribution in [0.3, 0.4) is 0 Å². The molecule has 1 amide bonds. The quantitative estimate of drug-likeness (QED) is 0.140. The van der Waals surface area contributed by atoms with Gasteiger partial charge in [0.15, 0.2) is 0 Å². The van der Waals surface area contributed by atoms with E-state index in [1.165, 1.54) is 30.1 Å². The Hall–Kier alpha value is -5.36. The molecule has 0 spiro atoms. The minimum absolute atomic E-state index is 0.00939. The lowest BCUT2D eigenvalue weighted by molar-refractivity contribution is -0.193. The molecule has 5 rings (SSSR count). The van der Waals surface area contributed by atoms with Crippen LogP contribution >= 0.6 is 0 Å². The SMILES string of the molecule is CCc1c(NC[C@H](CC(=O)Nc2cccc(F)c2)C(=O)O)ncnc1N1CCC(c2ccc3c(n2)NCCC3)CC1.O=C(C(=O)C(F)(F)F)C(F)(F)F. The van der Waals surface area contributed by atoms with Crippen molar-refractivity contribution in [2.75, 3.05) is 47.0 Å². The molecule has 53 heavy (non-hydrogen) atoms. The fourth-order valence-electron chi connectivity index (χ4n) is 5.84. The number of aryl methyl sites for hydroxylation is 1. The zero-order valence-corrected chi connectivity index (χ0v) is 28.3. The number of halogens is 7. The third kappa shape index (κ3) is 11.1. The van der Waals surface area contributed by atoms with E-state index in [0.717, 1.165) is 68.2 Å². The van der Waals surface area contributed by atoms with Gasteiger partial charge in [-0.2, -0.15) is 26.3 Å². The van der Waals surface area contributed by atoms with Crippen molar-refractivity contribution in [1.29, 1.82) is 0 Å². The number of nitrogens with one attached hydrogen (secondary N) is 3. The number of ketones is 2. The van der Waals surface area contributed by atoms with Crippen LogP contribution in [0.5, 0.6) is 0 Å². The first kappa shape index (κ1) is 40.4. The fourth-order valence-corrected chi connectivity index (χ4v) is 5.84. The van der Waals surface area contributed by atoms with Crippen LogP contribution in [0.2, 0.25) is 0 Å². The number of piperidine rings is 1. The van der Waals surface area contributed by atoms with Gasteiger partial charge in [0.25, 0.3) is 0 Å². The smallest absolute Gasteiger partial charge is 0.458 e. The van der Waals surface area contributed by atoms with Crippen LogP contribution in [0.25, 0.3) is 0 Å². The number of alkyl halides is 6. The number of benzene rings is 1. The van der Waals surface area contributed by atoms with Crippen molar-refractivity contribution in [3.8, 4) is 0 Å². The van der Waals surface area contributed by atoms with Crippen molar-refractivity contribution in [2.45, 2.75) is 63.7 Å². The average molecular weight is 756 g/mol. The van der Waals surface area contributed by atoms with Crippen molar-refractivity contribution in [3.05, 3.63) is 65.4 Å². The summed E-state index contributed by atoms with van der Waals surface area (Å²) >= 11 is 0. The minimum atomic E-state index is -5.77. The topological polar surface area (TPSA) is 167 Å². The van der Waals surface area contributed by atoms with Gasteiger partial charge in [0, 0.05) is 55.5 Å². The highest BCUT2D eigenvalue weighted by Crippen LogP contribution is 2.33. The maximum absolute atomic E-state index is 13.4. The number of hydrogen-bond donors (Lipinski definition) is 4. The molecule has 1 fully saturated rings. The molecule has 2 aliphatic heterocycles. The zero-order valence-electron chi connectivity index (χ0n) is 28.3. The maximum Gasteiger partial charge on any atom is 0.458 e. The molecular weight excluding hydrogens is 719 g/mol. The van der Waals surface area contributed by atoms with Crippen molar-refractivity contribution < 1.29 is 55.0 Å². The third-order valence-corrected chi connectivity index (χ3v) is 8.53. The fraction of sp³-hybridized carbons (Fsp3) is 0.441. The normalized spacial score (nSPS) is 15.2. The summed E-state index contributed by atoms with van der Waals surface area (Å²) in [5.74, 6) is -7.07. The van der Waals surface area contributed by atoms with Crippen molar-refractivity contribution in [3.63, 3.8) is 0 Å². The summed E-state index contributed by atoms with van der Waals surface area (Å²) in [7, 11) is 0. The van der Waals surface area contributed by atoms with E-state index >= 15 is 0 Å². The number of amides is 1. The summed E-state index contributed by atoms with van der Waals surface area (Å²) in [6.45, 7) is 4.67. The van der Waals surface area contributed by atoms with Crippen LogP contribution in [0.15, 0.2) is 42.7 Å². The standard InChI is InChI=1S/C30H36FN7O3.C4F6O2/c1-2-24-28(33-17-21(30(40)41)15-26(39)36-23-7-3-6-22(31)16-23)34-18-35-29(24)38-13-10-19(11-14-38)25-9-8-20-5-4-12-32-27(20)37-25;5-3(6,7)1(11)2(12)4(8,9)10/h3,6-9,16,18-19,21H,2,4-5,10-15,17H2,1H3,(H,32,37)(H,36,39)(H,40,41)(H,33,34,35);/t21-;/m0./s1. The lowest BCUT2D eigenvalue weighted by Crippen LogP contribution is -2.39. The van der Waals surface area contributed by atoms with E-state index in [1.54, 1.807) is 6.07 Å². The Bertz CT molecular complexity index is 1770. The molecule has 12 nitrogen and oxygen atoms in total. The van der Waals surface area contributed by atoms with Gasteiger partial charge in [-0.05, 0) is 61.9 Å².